The van der Waals surface area contributed by atoms with Gasteiger partial charge in [-0.05, 0) is 30.2 Å². The number of ether oxygens (including phenoxy) is 3. The van der Waals surface area contributed by atoms with Crippen LogP contribution in [0.4, 0.5) is 0 Å². The Morgan fingerprint density at radius 3 is 2.91 bits per heavy atom. The minimum atomic E-state index is -0.880. The van der Waals surface area contributed by atoms with Crippen molar-refractivity contribution < 1.29 is 24.1 Å². The zero-order valence-electron chi connectivity index (χ0n) is 13.1. The second-order valence-corrected chi connectivity index (χ2v) is 4.64. The molecular formula is C15H21N3O5. The summed E-state index contributed by atoms with van der Waals surface area (Å²) in [6.45, 7) is 3.48. The maximum atomic E-state index is 10.5. The molecule has 0 heterocycles. The molecule has 0 amide bonds. The minimum absolute atomic E-state index is 0.0201. The van der Waals surface area contributed by atoms with Gasteiger partial charge in [-0.3, -0.25) is 4.79 Å². The van der Waals surface area contributed by atoms with Crippen LogP contribution in [0, 0.1) is 0 Å². The summed E-state index contributed by atoms with van der Waals surface area (Å²) < 4.78 is 16.3. The van der Waals surface area contributed by atoms with Crippen molar-refractivity contribution in [3.63, 3.8) is 0 Å². The van der Waals surface area contributed by atoms with Crippen LogP contribution in [0.1, 0.15) is 25.0 Å². The molecule has 8 nitrogen and oxygen atoms in total. The number of carboxylic acids is 1. The van der Waals surface area contributed by atoms with Crippen molar-refractivity contribution in [2.75, 3.05) is 33.0 Å². The highest BCUT2D eigenvalue weighted by molar-refractivity contribution is 5.66. The number of carboxylic acid groups (broad SMARTS) is 1. The van der Waals surface area contributed by atoms with Crippen molar-refractivity contribution in [2.24, 2.45) is 5.11 Å². The van der Waals surface area contributed by atoms with Gasteiger partial charge in [-0.15, -0.1) is 0 Å². The fourth-order valence-corrected chi connectivity index (χ4v) is 1.75. The van der Waals surface area contributed by atoms with Gasteiger partial charge in [0.25, 0.3) is 0 Å². The first-order valence-corrected chi connectivity index (χ1v) is 7.28. The lowest BCUT2D eigenvalue weighted by molar-refractivity contribution is -0.138. The SMILES string of the molecule is CC(OCCC(=O)O)c1cccc(OCCOCCN=[N+]=[N-])c1. The average Bonchev–Trinajstić information content (AvgIpc) is 2.54. The summed E-state index contributed by atoms with van der Waals surface area (Å²) in [6.07, 6.45) is -0.230. The molecule has 0 aliphatic rings. The largest absolute Gasteiger partial charge is 0.491 e. The van der Waals surface area contributed by atoms with E-state index in [1.54, 1.807) is 0 Å². The number of azide groups is 1. The highest BCUT2D eigenvalue weighted by atomic mass is 16.5. The van der Waals surface area contributed by atoms with Crippen LogP contribution >= 0.6 is 0 Å². The van der Waals surface area contributed by atoms with Crippen LogP contribution in [0.2, 0.25) is 0 Å². The highest BCUT2D eigenvalue weighted by Gasteiger charge is 2.08. The minimum Gasteiger partial charge on any atom is -0.491 e. The van der Waals surface area contributed by atoms with E-state index in [0.717, 1.165) is 5.56 Å². The zero-order valence-corrected chi connectivity index (χ0v) is 13.1. The first kappa shape index (κ1) is 18.8. The Hall–Kier alpha value is -2.28. The van der Waals surface area contributed by atoms with Crippen molar-refractivity contribution in [3.8, 4) is 5.75 Å². The summed E-state index contributed by atoms with van der Waals surface area (Å²) >= 11 is 0. The highest BCUT2D eigenvalue weighted by Crippen LogP contribution is 2.21. The Morgan fingerprint density at radius 1 is 1.35 bits per heavy atom. The van der Waals surface area contributed by atoms with Gasteiger partial charge in [-0.1, -0.05) is 17.2 Å². The fraction of sp³-hybridized carbons (Fsp3) is 0.533. The molecule has 0 saturated heterocycles. The maximum absolute atomic E-state index is 10.5. The third-order valence-corrected chi connectivity index (χ3v) is 2.91. The predicted octanol–water partition coefficient (Wildman–Crippen LogP) is 2.94. The molecule has 0 spiro atoms. The van der Waals surface area contributed by atoms with E-state index < -0.39 is 5.97 Å². The van der Waals surface area contributed by atoms with Crippen LogP contribution in [-0.2, 0) is 14.3 Å². The molecule has 1 aromatic carbocycles. The topological polar surface area (TPSA) is 114 Å². The summed E-state index contributed by atoms with van der Waals surface area (Å²) in [7, 11) is 0. The third-order valence-electron chi connectivity index (χ3n) is 2.91. The number of hydrogen-bond acceptors (Lipinski definition) is 5. The molecule has 1 atom stereocenters. The third kappa shape index (κ3) is 8.67. The van der Waals surface area contributed by atoms with E-state index in [0.29, 0.717) is 32.1 Å². The van der Waals surface area contributed by atoms with E-state index in [9.17, 15) is 4.79 Å². The smallest absolute Gasteiger partial charge is 0.305 e. The summed E-state index contributed by atoms with van der Waals surface area (Å²) in [5, 5.41) is 12.0. The molecule has 1 unspecified atom stereocenters. The standard InChI is InChI=1S/C15H21N3O5/c1-12(22-7-5-15(19)20)13-3-2-4-14(11-13)23-10-9-21-8-6-17-18-16/h2-4,11-12H,5-10H2,1H3,(H,19,20). The molecule has 0 radical (unpaired) electrons. The molecule has 0 aliphatic carbocycles. The lowest BCUT2D eigenvalue weighted by atomic mass is 10.1. The molecular weight excluding hydrogens is 302 g/mol. The first-order valence-electron chi connectivity index (χ1n) is 7.28. The number of aliphatic carboxylic acids is 1. The monoisotopic (exact) mass is 323 g/mol. The van der Waals surface area contributed by atoms with Gasteiger partial charge in [0.05, 0.1) is 32.3 Å². The van der Waals surface area contributed by atoms with E-state index in [1.165, 1.54) is 0 Å². The first-order chi connectivity index (χ1) is 11.1. The molecule has 0 bridgehead atoms. The molecule has 23 heavy (non-hydrogen) atoms. The summed E-state index contributed by atoms with van der Waals surface area (Å²) in [5.41, 5.74) is 9.02. The number of hydrogen-bond donors (Lipinski definition) is 1. The van der Waals surface area contributed by atoms with Crippen LogP contribution in [0.5, 0.6) is 5.75 Å². The van der Waals surface area contributed by atoms with Crippen molar-refractivity contribution in [1.29, 1.82) is 0 Å². The van der Waals surface area contributed by atoms with Gasteiger partial charge in [-0.25, -0.2) is 0 Å². The maximum Gasteiger partial charge on any atom is 0.305 e. The van der Waals surface area contributed by atoms with E-state index in [2.05, 4.69) is 10.0 Å². The number of nitrogens with zero attached hydrogens (tertiary/aromatic N) is 3. The molecule has 1 rings (SSSR count). The van der Waals surface area contributed by atoms with E-state index in [1.807, 2.05) is 31.2 Å². The zero-order chi connectivity index (χ0) is 16.9. The average molecular weight is 323 g/mol. The van der Waals surface area contributed by atoms with E-state index >= 15 is 0 Å². The molecule has 0 saturated carbocycles. The van der Waals surface area contributed by atoms with Crippen LogP contribution in [-0.4, -0.2) is 44.0 Å². The van der Waals surface area contributed by atoms with Crippen LogP contribution in [0.3, 0.4) is 0 Å². The van der Waals surface area contributed by atoms with Gasteiger partial charge in [0, 0.05) is 11.5 Å². The quantitative estimate of drug-likeness (QED) is 0.275. The van der Waals surface area contributed by atoms with Crippen molar-refractivity contribution >= 4 is 5.97 Å². The van der Waals surface area contributed by atoms with E-state index in [4.69, 9.17) is 24.8 Å². The number of benzene rings is 1. The van der Waals surface area contributed by atoms with Gasteiger partial charge in [-0.2, -0.15) is 0 Å². The summed E-state index contributed by atoms with van der Waals surface area (Å²) in [6, 6.07) is 7.43. The molecule has 0 aliphatic heterocycles. The predicted molar refractivity (Wildman–Crippen MR) is 83.4 cm³/mol. The van der Waals surface area contributed by atoms with Crippen LogP contribution in [0.15, 0.2) is 29.4 Å². The lowest BCUT2D eigenvalue weighted by Gasteiger charge is -2.14. The van der Waals surface area contributed by atoms with Gasteiger partial charge in [0.2, 0.25) is 0 Å². The Kier molecular flexibility index (Phi) is 9.23. The van der Waals surface area contributed by atoms with Crippen LogP contribution < -0.4 is 4.74 Å². The molecule has 0 fully saturated rings. The Balaban J connectivity index is 2.32. The Labute approximate surface area is 134 Å². The number of carbonyl (C=O) groups is 1. The van der Waals surface area contributed by atoms with Crippen LogP contribution in [0.25, 0.3) is 10.4 Å². The van der Waals surface area contributed by atoms with Gasteiger partial charge in [0.1, 0.15) is 12.4 Å². The molecule has 8 heteroatoms. The lowest BCUT2D eigenvalue weighted by Crippen LogP contribution is -2.09. The van der Waals surface area contributed by atoms with Gasteiger partial charge >= 0.3 is 5.97 Å². The van der Waals surface area contributed by atoms with Gasteiger partial charge < -0.3 is 19.3 Å². The Morgan fingerprint density at radius 2 is 2.17 bits per heavy atom. The summed E-state index contributed by atoms with van der Waals surface area (Å²) in [4.78, 5) is 13.1. The molecule has 1 N–H and O–H groups in total. The van der Waals surface area contributed by atoms with E-state index in [-0.39, 0.29) is 19.1 Å². The molecule has 1 aromatic rings. The van der Waals surface area contributed by atoms with Crippen molar-refractivity contribution in [1.82, 2.24) is 0 Å². The normalized spacial score (nSPS) is 11.5. The number of rotatable bonds is 12. The fourth-order valence-electron chi connectivity index (χ4n) is 1.75. The second kappa shape index (κ2) is 11.3. The van der Waals surface area contributed by atoms with Gasteiger partial charge in [0.15, 0.2) is 0 Å². The molecule has 126 valence electrons. The second-order valence-electron chi connectivity index (χ2n) is 4.64. The summed E-state index contributed by atoms with van der Waals surface area (Å²) in [5.74, 6) is -0.190. The van der Waals surface area contributed by atoms with Crippen molar-refractivity contribution in [3.05, 3.63) is 40.3 Å². The molecule has 0 aromatic heterocycles. The Bertz CT molecular complexity index is 532. The van der Waals surface area contributed by atoms with Crippen molar-refractivity contribution in [2.45, 2.75) is 19.4 Å².